The van der Waals surface area contributed by atoms with E-state index in [1.807, 2.05) is 0 Å². The molecule has 0 radical (unpaired) electrons. The molecule has 1 aromatic carbocycles. The molecular formula is C14H10F3NO2. The molecule has 6 heteroatoms. The molecule has 3 nitrogen and oxygen atoms in total. The van der Waals surface area contributed by atoms with E-state index < -0.39 is 17.7 Å². The first-order valence-electron chi connectivity index (χ1n) is 5.67. The average molecular weight is 281 g/mol. The second-order valence-corrected chi connectivity index (χ2v) is 4.23. The van der Waals surface area contributed by atoms with Crippen LogP contribution < -0.4 is 0 Å². The lowest BCUT2D eigenvalue weighted by Gasteiger charge is -2.13. The van der Waals surface area contributed by atoms with Crippen molar-refractivity contribution in [3.05, 3.63) is 53.2 Å². The number of rotatable bonds is 2. The summed E-state index contributed by atoms with van der Waals surface area (Å²) in [5.41, 5.74) is -0.725. The van der Waals surface area contributed by atoms with Crippen molar-refractivity contribution in [2.24, 2.45) is 0 Å². The second-order valence-electron chi connectivity index (χ2n) is 4.23. The molecule has 0 unspecified atom stereocenters. The summed E-state index contributed by atoms with van der Waals surface area (Å²) in [6.07, 6.45) is -4.52. The number of hydrogen-bond donors (Lipinski definition) is 1. The van der Waals surface area contributed by atoms with Gasteiger partial charge in [-0.2, -0.15) is 13.2 Å². The second kappa shape index (κ2) is 4.96. The monoisotopic (exact) mass is 281 g/mol. The molecule has 0 saturated heterocycles. The van der Waals surface area contributed by atoms with Crippen LogP contribution in [-0.4, -0.2) is 16.1 Å². The van der Waals surface area contributed by atoms with Crippen LogP contribution >= 0.6 is 0 Å². The minimum Gasteiger partial charge on any atom is -0.478 e. The number of benzene rings is 1. The third-order valence-electron chi connectivity index (χ3n) is 2.71. The molecule has 1 aromatic heterocycles. The Morgan fingerprint density at radius 3 is 2.45 bits per heavy atom. The van der Waals surface area contributed by atoms with Gasteiger partial charge in [0, 0.05) is 11.3 Å². The van der Waals surface area contributed by atoms with Crippen LogP contribution in [0.25, 0.3) is 11.3 Å². The highest BCUT2D eigenvalue weighted by atomic mass is 19.4. The molecule has 0 bridgehead atoms. The predicted molar refractivity (Wildman–Crippen MR) is 66.4 cm³/mol. The summed E-state index contributed by atoms with van der Waals surface area (Å²) < 4.78 is 38.8. The Balaban J connectivity index is 2.66. The number of alkyl halides is 3. The van der Waals surface area contributed by atoms with Crippen LogP contribution in [-0.2, 0) is 6.18 Å². The van der Waals surface area contributed by atoms with Gasteiger partial charge in [-0.3, -0.25) is 4.98 Å². The minimum absolute atomic E-state index is 0.00433. The number of aromatic nitrogens is 1. The Labute approximate surface area is 112 Å². The van der Waals surface area contributed by atoms with Crippen LogP contribution in [0.15, 0.2) is 36.4 Å². The van der Waals surface area contributed by atoms with E-state index in [9.17, 15) is 18.0 Å². The van der Waals surface area contributed by atoms with Crippen molar-refractivity contribution in [2.45, 2.75) is 13.1 Å². The van der Waals surface area contributed by atoms with Gasteiger partial charge in [-0.15, -0.1) is 0 Å². The number of carboxylic acid groups (broad SMARTS) is 1. The van der Waals surface area contributed by atoms with Crippen LogP contribution in [0.5, 0.6) is 0 Å². The number of nitrogens with zero attached hydrogens (tertiary/aromatic N) is 1. The maximum atomic E-state index is 12.9. The smallest absolute Gasteiger partial charge is 0.417 e. The maximum Gasteiger partial charge on any atom is 0.417 e. The first-order chi connectivity index (χ1) is 9.29. The van der Waals surface area contributed by atoms with Gasteiger partial charge in [0.05, 0.1) is 16.8 Å². The Bertz CT molecular complexity index is 666. The number of aromatic carboxylic acids is 1. The van der Waals surface area contributed by atoms with Crippen LogP contribution in [0.1, 0.15) is 21.6 Å². The van der Waals surface area contributed by atoms with E-state index in [-0.39, 0.29) is 16.8 Å². The molecule has 0 atom stereocenters. The molecule has 0 aliphatic heterocycles. The van der Waals surface area contributed by atoms with E-state index in [4.69, 9.17) is 5.11 Å². The van der Waals surface area contributed by atoms with Crippen LogP contribution in [0.4, 0.5) is 13.2 Å². The van der Waals surface area contributed by atoms with Crippen molar-refractivity contribution in [1.82, 2.24) is 4.98 Å². The van der Waals surface area contributed by atoms with E-state index in [1.165, 1.54) is 31.2 Å². The van der Waals surface area contributed by atoms with Crippen molar-refractivity contribution >= 4 is 5.97 Å². The van der Waals surface area contributed by atoms with Gasteiger partial charge in [0.1, 0.15) is 0 Å². The number of hydrogen-bond acceptors (Lipinski definition) is 2. The number of aryl methyl sites for hydroxylation is 1. The summed E-state index contributed by atoms with van der Waals surface area (Å²) in [7, 11) is 0. The number of pyridine rings is 1. The lowest BCUT2D eigenvalue weighted by atomic mass is 10.0. The predicted octanol–water partition coefficient (Wildman–Crippen LogP) is 3.77. The van der Waals surface area contributed by atoms with Gasteiger partial charge in [0.15, 0.2) is 0 Å². The fourth-order valence-electron chi connectivity index (χ4n) is 1.88. The Morgan fingerprint density at radius 1 is 1.20 bits per heavy atom. The molecule has 0 saturated carbocycles. The molecule has 0 amide bonds. The molecule has 2 aromatic rings. The lowest BCUT2D eigenvalue weighted by Crippen LogP contribution is -2.08. The average Bonchev–Trinajstić information content (AvgIpc) is 2.37. The van der Waals surface area contributed by atoms with Gasteiger partial charge >= 0.3 is 12.1 Å². The van der Waals surface area contributed by atoms with Gasteiger partial charge in [-0.1, -0.05) is 18.2 Å². The van der Waals surface area contributed by atoms with Crippen molar-refractivity contribution < 1.29 is 23.1 Å². The number of carbonyl (C=O) groups is 1. The van der Waals surface area contributed by atoms with Gasteiger partial charge in [-0.05, 0) is 25.1 Å². The van der Waals surface area contributed by atoms with E-state index in [2.05, 4.69) is 4.98 Å². The highest BCUT2D eigenvalue weighted by molar-refractivity contribution is 5.89. The third-order valence-corrected chi connectivity index (χ3v) is 2.71. The molecule has 0 aliphatic rings. The Morgan fingerprint density at radius 2 is 1.85 bits per heavy atom. The molecule has 2 rings (SSSR count). The fraction of sp³-hybridized carbons (Fsp3) is 0.143. The zero-order valence-electron chi connectivity index (χ0n) is 10.4. The zero-order valence-corrected chi connectivity index (χ0v) is 10.4. The summed E-state index contributed by atoms with van der Waals surface area (Å²) in [6.45, 7) is 1.53. The molecule has 20 heavy (non-hydrogen) atoms. The number of carboxylic acids is 1. The topological polar surface area (TPSA) is 50.2 Å². The summed E-state index contributed by atoms with van der Waals surface area (Å²) in [5, 5.41) is 8.96. The standard InChI is InChI=1S/C14H10F3NO2/c1-8-6-9(13(19)20)7-12(18-8)10-4-2-3-5-11(10)14(15,16)17/h2-7H,1H3,(H,19,20). The maximum absolute atomic E-state index is 12.9. The molecule has 1 heterocycles. The van der Waals surface area contributed by atoms with Crippen LogP contribution in [0, 0.1) is 6.92 Å². The molecule has 0 aliphatic carbocycles. The molecule has 1 N–H and O–H groups in total. The highest BCUT2D eigenvalue weighted by Gasteiger charge is 2.33. The number of halogens is 3. The van der Waals surface area contributed by atoms with Crippen molar-refractivity contribution in [1.29, 1.82) is 0 Å². The zero-order chi connectivity index (χ0) is 14.9. The Hall–Kier alpha value is -2.37. The lowest BCUT2D eigenvalue weighted by molar-refractivity contribution is -0.137. The van der Waals surface area contributed by atoms with Gasteiger partial charge < -0.3 is 5.11 Å². The Kier molecular flexibility index (Phi) is 3.48. The summed E-state index contributed by atoms with van der Waals surface area (Å²) >= 11 is 0. The highest BCUT2D eigenvalue weighted by Crippen LogP contribution is 2.36. The molecule has 104 valence electrons. The van der Waals surface area contributed by atoms with Gasteiger partial charge in [0.25, 0.3) is 0 Å². The van der Waals surface area contributed by atoms with Gasteiger partial charge in [-0.25, -0.2) is 4.79 Å². The fourth-order valence-corrected chi connectivity index (χ4v) is 1.88. The van der Waals surface area contributed by atoms with E-state index in [0.29, 0.717) is 5.69 Å². The van der Waals surface area contributed by atoms with Crippen molar-refractivity contribution in [3.8, 4) is 11.3 Å². The van der Waals surface area contributed by atoms with Crippen molar-refractivity contribution in [2.75, 3.05) is 0 Å². The first-order valence-corrected chi connectivity index (χ1v) is 5.67. The van der Waals surface area contributed by atoms with Crippen LogP contribution in [0.3, 0.4) is 0 Å². The van der Waals surface area contributed by atoms with E-state index >= 15 is 0 Å². The first kappa shape index (κ1) is 14.0. The van der Waals surface area contributed by atoms with Gasteiger partial charge in [0.2, 0.25) is 0 Å². The summed E-state index contributed by atoms with van der Waals surface area (Å²) in [4.78, 5) is 15.0. The molecule has 0 fully saturated rings. The van der Waals surface area contributed by atoms with Crippen molar-refractivity contribution in [3.63, 3.8) is 0 Å². The molecule has 0 spiro atoms. The quantitative estimate of drug-likeness (QED) is 0.911. The summed E-state index contributed by atoms with van der Waals surface area (Å²) in [5.74, 6) is -1.21. The molecular weight excluding hydrogens is 271 g/mol. The normalized spacial score (nSPS) is 11.4. The minimum atomic E-state index is -4.52. The summed E-state index contributed by atoms with van der Waals surface area (Å²) in [6, 6.07) is 7.40. The van der Waals surface area contributed by atoms with E-state index in [0.717, 1.165) is 12.1 Å². The SMILES string of the molecule is Cc1cc(C(=O)O)cc(-c2ccccc2C(F)(F)F)n1. The van der Waals surface area contributed by atoms with E-state index in [1.54, 1.807) is 0 Å². The third kappa shape index (κ3) is 2.79. The van der Waals surface area contributed by atoms with Crippen LogP contribution in [0.2, 0.25) is 0 Å². The largest absolute Gasteiger partial charge is 0.478 e.